The molecule has 13 heavy (non-hydrogen) atoms. The maximum absolute atomic E-state index is 11.7. The van der Waals surface area contributed by atoms with Gasteiger partial charge in [-0.2, -0.15) is 0 Å². The predicted octanol–water partition coefficient (Wildman–Crippen LogP) is 0.0388. The fraction of sp³-hybridized carbons (Fsp3) is 1.00. The minimum Gasteiger partial charge on any atom is -0.396 e. The predicted molar refractivity (Wildman–Crippen MR) is 50.8 cm³/mol. The number of hydrogen-bond donors (Lipinski definition) is 1. The van der Waals surface area contributed by atoms with Crippen LogP contribution in [0.5, 0.6) is 0 Å². The average molecular weight is 207 g/mol. The van der Waals surface area contributed by atoms with Crippen molar-refractivity contribution in [1.29, 1.82) is 0 Å². The zero-order valence-corrected chi connectivity index (χ0v) is 9.13. The molecule has 0 aromatic heterocycles. The lowest BCUT2D eigenvalue weighted by Gasteiger charge is -2.40. The summed E-state index contributed by atoms with van der Waals surface area (Å²) in [5.74, 6) is 0.136. The van der Waals surface area contributed by atoms with Gasteiger partial charge in [-0.15, -0.1) is 0 Å². The molecule has 0 aromatic rings. The van der Waals surface area contributed by atoms with Crippen LogP contribution in [-0.2, 0) is 10.0 Å². The fourth-order valence-electron chi connectivity index (χ4n) is 1.22. The Bertz CT molecular complexity index is 272. The second-order valence-electron chi connectivity index (χ2n) is 4.48. The number of hydrogen-bond acceptors (Lipinski definition) is 3. The first-order chi connectivity index (χ1) is 5.79. The topological polar surface area (TPSA) is 57.6 Å². The van der Waals surface area contributed by atoms with E-state index in [2.05, 4.69) is 0 Å². The molecule has 1 fully saturated rings. The molecule has 0 saturated carbocycles. The third kappa shape index (κ3) is 1.87. The molecule has 1 aliphatic rings. The molecule has 1 aliphatic heterocycles. The van der Waals surface area contributed by atoms with Crippen LogP contribution in [0.2, 0.25) is 0 Å². The van der Waals surface area contributed by atoms with E-state index in [0.717, 1.165) is 0 Å². The van der Waals surface area contributed by atoms with Crippen molar-refractivity contribution in [2.45, 2.75) is 25.5 Å². The highest BCUT2D eigenvalue weighted by Gasteiger charge is 2.41. The van der Waals surface area contributed by atoms with Crippen LogP contribution in [0.4, 0.5) is 0 Å². The lowest BCUT2D eigenvalue weighted by atomic mass is 10.1. The highest BCUT2D eigenvalue weighted by molar-refractivity contribution is 7.90. The van der Waals surface area contributed by atoms with Crippen molar-refractivity contribution in [1.82, 2.24) is 4.31 Å². The third-order valence-corrected chi connectivity index (χ3v) is 4.82. The van der Waals surface area contributed by atoms with Gasteiger partial charge in [-0.3, -0.25) is 0 Å². The summed E-state index contributed by atoms with van der Waals surface area (Å²) in [6.07, 6.45) is 0. The summed E-state index contributed by atoms with van der Waals surface area (Å²) in [7, 11) is -3.16. The highest BCUT2D eigenvalue weighted by Crippen LogP contribution is 2.27. The SMILES string of the molecule is CC(C)(C)S(=O)(=O)N1CC(CO)C1. The molecule has 0 aromatic carbocycles. The maximum atomic E-state index is 11.7. The van der Waals surface area contributed by atoms with E-state index in [4.69, 9.17) is 5.11 Å². The molecule has 1 N–H and O–H groups in total. The summed E-state index contributed by atoms with van der Waals surface area (Å²) < 4.78 is 24.2. The van der Waals surface area contributed by atoms with E-state index < -0.39 is 14.8 Å². The summed E-state index contributed by atoms with van der Waals surface area (Å²) in [5, 5.41) is 8.75. The molecule has 0 radical (unpaired) electrons. The minimum atomic E-state index is -3.16. The van der Waals surface area contributed by atoms with Crippen LogP contribution >= 0.6 is 0 Å². The molecule has 0 atom stereocenters. The standard InChI is InChI=1S/C8H17NO3S/c1-8(2,3)13(11,12)9-4-7(5-9)6-10/h7,10H,4-6H2,1-3H3. The van der Waals surface area contributed by atoms with Gasteiger partial charge in [-0.05, 0) is 20.8 Å². The van der Waals surface area contributed by atoms with E-state index in [1.165, 1.54) is 4.31 Å². The van der Waals surface area contributed by atoms with Crippen molar-refractivity contribution in [2.24, 2.45) is 5.92 Å². The van der Waals surface area contributed by atoms with Gasteiger partial charge in [0.25, 0.3) is 0 Å². The van der Waals surface area contributed by atoms with Gasteiger partial charge in [-0.1, -0.05) is 0 Å². The first-order valence-electron chi connectivity index (χ1n) is 4.39. The Morgan fingerprint density at radius 2 is 1.85 bits per heavy atom. The molecular formula is C8H17NO3S. The van der Waals surface area contributed by atoms with Gasteiger partial charge in [0.15, 0.2) is 0 Å². The van der Waals surface area contributed by atoms with Crippen molar-refractivity contribution >= 4 is 10.0 Å². The van der Waals surface area contributed by atoms with Gasteiger partial charge in [0.05, 0.1) is 4.75 Å². The van der Waals surface area contributed by atoms with Crippen LogP contribution in [0.3, 0.4) is 0 Å². The van der Waals surface area contributed by atoms with Crippen LogP contribution in [0.1, 0.15) is 20.8 Å². The lowest BCUT2D eigenvalue weighted by Crippen LogP contribution is -2.55. The number of sulfonamides is 1. The first-order valence-corrected chi connectivity index (χ1v) is 5.83. The Morgan fingerprint density at radius 3 is 2.15 bits per heavy atom. The molecule has 5 heteroatoms. The molecule has 1 saturated heterocycles. The number of aliphatic hydroxyl groups excluding tert-OH is 1. The van der Waals surface area contributed by atoms with Gasteiger partial charge in [0, 0.05) is 25.6 Å². The second-order valence-corrected chi connectivity index (χ2v) is 7.17. The molecule has 1 rings (SSSR count). The largest absolute Gasteiger partial charge is 0.396 e. The molecule has 78 valence electrons. The zero-order valence-electron chi connectivity index (χ0n) is 8.32. The number of rotatable bonds is 2. The van der Waals surface area contributed by atoms with Gasteiger partial charge < -0.3 is 5.11 Å². The lowest BCUT2D eigenvalue weighted by molar-refractivity contribution is 0.115. The van der Waals surface area contributed by atoms with Gasteiger partial charge in [-0.25, -0.2) is 12.7 Å². The zero-order chi connectivity index (χ0) is 10.3. The van der Waals surface area contributed by atoms with Crippen LogP contribution in [0, 0.1) is 5.92 Å². The average Bonchev–Trinajstić information content (AvgIpc) is 1.81. The molecule has 1 heterocycles. The van der Waals surface area contributed by atoms with Crippen LogP contribution in [0.25, 0.3) is 0 Å². The quantitative estimate of drug-likeness (QED) is 0.695. The van der Waals surface area contributed by atoms with Crippen LogP contribution in [0.15, 0.2) is 0 Å². The normalized spacial score (nSPS) is 21.5. The second kappa shape index (κ2) is 3.22. The van der Waals surface area contributed by atoms with E-state index in [0.29, 0.717) is 13.1 Å². The van der Waals surface area contributed by atoms with E-state index in [1.54, 1.807) is 20.8 Å². The number of aliphatic hydroxyl groups is 1. The van der Waals surface area contributed by atoms with Crippen molar-refractivity contribution in [2.75, 3.05) is 19.7 Å². The summed E-state index contributed by atoms with van der Waals surface area (Å²) in [5.41, 5.74) is 0. The van der Waals surface area contributed by atoms with Crippen molar-refractivity contribution in [3.8, 4) is 0 Å². The van der Waals surface area contributed by atoms with E-state index in [1.807, 2.05) is 0 Å². The summed E-state index contributed by atoms with van der Waals surface area (Å²) in [6.45, 7) is 6.08. The van der Waals surface area contributed by atoms with Gasteiger partial charge in [0.2, 0.25) is 10.0 Å². The molecular weight excluding hydrogens is 190 g/mol. The molecule has 0 bridgehead atoms. The van der Waals surface area contributed by atoms with Crippen LogP contribution in [-0.4, -0.2) is 42.3 Å². The van der Waals surface area contributed by atoms with E-state index >= 15 is 0 Å². The molecule has 0 aliphatic carbocycles. The monoisotopic (exact) mass is 207 g/mol. The molecule has 0 unspecified atom stereocenters. The highest BCUT2D eigenvalue weighted by atomic mass is 32.2. The smallest absolute Gasteiger partial charge is 0.219 e. The Labute approximate surface area is 79.6 Å². The molecule has 4 nitrogen and oxygen atoms in total. The third-order valence-electron chi connectivity index (χ3n) is 2.30. The summed E-state index contributed by atoms with van der Waals surface area (Å²) >= 11 is 0. The van der Waals surface area contributed by atoms with Crippen molar-refractivity contribution in [3.63, 3.8) is 0 Å². The Balaban J connectivity index is 2.66. The van der Waals surface area contributed by atoms with Crippen molar-refractivity contribution < 1.29 is 13.5 Å². The Morgan fingerprint density at radius 1 is 1.38 bits per heavy atom. The van der Waals surface area contributed by atoms with Crippen molar-refractivity contribution in [3.05, 3.63) is 0 Å². The van der Waals surface area contributed by atoms with Gasteiger partial charge >= 0.3 is 0 Å². The maximum Gasteiger partial charge on any atom is 0.219 e. The van der Waals surface area contributed by atoms with E-state index in [9.17, 15) is 8.42 Å². The number of nitrogens with zero attached hydrogens (tertiary/aromatic N) is 1. The summed E-state index contributed by atoms with van der Waals surface area (Å²) in [4.78, 5) is 0. The Hall–Kier alpha value is -0.130. The fourth-order valence-corrected chi connectivity index (χ4v) is 2.81. The summed E-state index contributed by atoms with van der Waals surface area (Å²) in [6, 6.07) is 0. The molecule has 0 amide bonds. The first kappa shape index (κ1) is 10.9. The minimum absolute atomic E-state index is 0.0795. The van der Waals surface area contributed by atoms with Crippen LogP contribution < -0.4 is 0 Å². The Kier molecular flexibility index (Phi) is 2.71. The van der Waals surface area contributed by atoms with Gasteiger partial charge in [0.1, 0.15) is 0 Å². The van der Waals surface area contributed by atoms with E-state index in [-0.39, 0.29) is 12.5 Å². The molecule has 0 spiro atoms.